The number of ether oxygens (including phenoxy) is 1. The minimum Gasteiger partial charge on any atom is -0.448 e. The molecule has 3 rings (SSSR count). The van der Waals surface area contributed by atoms with Gasteiger partial charge in [-0.05, 0) is 58.0 Å². The van der Waals surface area contributed by atoms with Crippen molar-refractivity contribution in [2.45, 2.75) is 39.3 Å². The Bertz CT molecular complexity index is 1170. The zero-order valence-corrected chi connectivity index (χ0v) is 18.8. The Morgan fingerprint density at radius 3 is 2.56 bits per heavy atom. The second-order valence-electron chi connectivity index (χ2n) is 8.17. The number of fused-ring (bicyclic) bond motifs is 1. The molecule has 8 nitrogen and oxygen atoms in total. The molecule has 0 fully saturated rings. The van der Waals surface area contributed by atoms with Crippen LogP contribution in [-0.4, -0.2) is 39.0 Å². The highest BCUT2D eigenvalue weighted by Gasteiger charge is 2.31. The maximum Gasteiger partial charge on any atom is 0.326 e. The maximum atomic E-state index is 13.5. The Morgan fingerprint density at radius 2 is 1.97 bits per heavy atom. The van der Waals surface area contributed by atoms with E-state index >= 15 is 0 Å². The summed E-state index contributed by atoms with van der Waals surface area (Å²) in [6.07, 6.45) is 2.64. The summed E-state index contributed by atoms with van der Waals surface area (Å²) in [5.41, 5.74) is 6.97. The van der Waals surface area contributed by atoms with Gasteiger partial charge in [0.25, 0.3) is 0 Å². The number of carbonyl (C=O) groups is 1. The third-order valence-corrected chi connectivity index (χ3v) is 4.48. The number of amidine groups is 1. The first-order valence-corrected chi connectivity index (χ1v) is 10.1. The SMILES string of the molecule is CN=C(C=C(C)C)Nc1nc(C(OC(=O)C(C)(C)N)c2ccc(F)cc2)nn2cccc12. The molecule has 0 spiro atoms. The lowest BCUT2D eigenvalue weighted by Gasteiger charge is -2.23. The molecule has 2 aromatic heterocycles. The molecule has 0 aliphatic heterocycles. The fourth-order valence-electron chi connectivity index (χ4n) is 2.87. The Kier molecular flexibility index (Phi) is 6.69. The van der Waals surface area contributed by atoms with Gasteiger partial charge in [0.05, 0.1) is 0 Å². The van der Waals surface area contributed by atoms with Crippen LogP contribution in [0.4, 0.5) is 10.2 Å². The number of nitrogens with zero attached hydrogens (tertiary/aromatic N) is 4. The number of allylic oxidation sites excluding steroid dienone is 1. The maximum absolute atomic E-state index is 13.5. The standard InChI is InChI=1S/C23H27FN6O2/c1-14(2)13-18(26-5)27-20-17-7-6-12-30(17)29-21(28-20)19(32-22(31)23(3,4)25)15-8-10-16(24)11-9-15/h6-13,19H,25H2,1-5H3,(H,26,27,28,29). The summed E-state index contributed by atoms with van der Waals surface area (Å²) in [4.78, 5) is 21.5. The van der Waals surface area contributed by atoms with Crippen molar-refractivity contribution in [1.29, 1.82) is 0 Å². The van der Waals surface area contributed by atoms with E-state index in [-0.39, 0.29) is 5.82 Å². The summed E-state index contributed by atoms with van der Waals surface area (Å²) in [5, 5.41) is 7.73. The summed E-state index contributed by atoms with van der Waals surface area (Å²) in [5.74, 6) is 0.239. The van der Waals surface area contributed by atoms with Gasteiger partial charge in [-0.3, -0.25) is 9.79 Å². The topological polar surface area (TPSA) is 107 Å². The monoisotopic (exact) mass is 438 g/mol. The van der Waals surface area contributed by atoms with Gasteiger partial charge in [0.1, 0.15) is 22.7 Å². The number of aliphatic imine (C=N–C) groups is 1. The Labute approximate surface area is 186 Å². The summed E-state index contributed by atoms with van der Waals surface area (Å²) in [6.45, 7) is 7.01. The smallest absolute Gasteiger partial charge is 0.326 e. The molecule has 3 N–H and O–H groups in total. The van der Waals surface area contributed by atoms with Crippen molar-refractivity contribution in [3.05, 3.63) is 71.4 Å². The molecule has 1 unspecified atom stereocenters. The molecule has 0 aliphatic rings. The summed E-state index contributed by atoms with van der Waals surface area (Å²) in [6, 6.07) is 9.29. The van der Waals surface area contributed by atoms with E-state index in [0.717, 1.165) is 5.57 Å². The van der Waals surface area contributed by atoms with Crippen LogP contribution in [0.15, 0.2) is 59.2 Å². The van der Waals surface area contributed by atoms with E-state index < -0.39 is 23.4 Å². The number of esters is 1. The first-order valence-electron chi connectivity index (χ1n) is 10.1. The van der Waals surface area contributed by atoms with E-state index in [1.54, 1.807) is 31.6 Å². The number of carbonyl (C=O) groups excluding carboxylic acids is 1. The van der Waals surface area contributed by atoms with Crippen molar-refractivity contribution in [1.82, 2.24) is 14.6 Å². The van der Waals surface area contributed by atoms with Gasteiger partial charge in [-0.2, -0.15) is 0 Å². The number of rotatable bonds is 6. The number of hydrogen-bond donors (Lipinski definition) is 2. The fourth-order valence-corrected chi connectivity index (χ4v) is 2.87. The lowest BCUT2D eigenvalue weighted by atomic mass is 10.1. The molecule has 2 heterocycles. The number of aromatic nitrogens is 3. The zero-order chi connectivity index (χ0) is 23.5. The lowest BCUT2D eigenvalue weighted by Crippen LogP contribution is -2.43. The molecule has 1 aromatic carbocycles. The molecular weight excluding hydrogens is 411 g/mol. The summed E-state index contributed by atoms with van der Waals surface area (Å²) < 4.78 is 20.9. The van der Waals surface area contributed by atoms with E-state index in [9.17, 15) is 9.18 Å². The quantitative estimate of drug-likeness (QED) is 0.346. The molecule has 0 bridgehead atoms. The van der Waals surface area contributed by atoms with Crippen molar-refractivity contribution < 1.29 is 13.9 Å². The van der Waals surface area contributed by atoms with Crippen LogP contribution >= 0.6 is 0 Å². The molecule has 0 saturated heterocycles. The molecule has 9 heteroatoms. The molecule has 32 heavy (non-hydrogen) atoms. The van der Waals surface area contributed by atoms with Crippen molar-refractivity contribution in [3.8, 4) is 0 Å². The number of benzene rings is 1. The molecule has 0 aliphatic carbocycles. The molecule has 0 amide bonds. The van der Waals surface area contributed by atoms with E-state index in [0.29, 0.717) is 22.7 Å². The Hall–Kier alpha value is -3.59. The van der Waals surface area contributed by atoms with E-state index in [1.807, 2.05) is 32.1 Å². The first kappa shape index (κ1) is 23.1. The molecule has 1 atom stereocenters. The Morgan fingerprint density at radius 1 is 1.28 bits per heavy atom. The van der Waals surface area contributed by atoms with Gasteiger partial charge in [0, 0.05) is 18.8 Å². The normalized spacial score (nSPS) is 13.0. The van der Waals surface area contributed by atoms with Crippen LogP contribution in [0.5, 0.6) is 0 Å². The van der Waals surface area contributed by atoms with Crippen LogP contribution in [0.1, 0.15) is 45.2 Å². The molecule has 0 radical (unpaired) electrons. The highest BCUT2D eigenvalue weighted by atomic mass is 19.1. The average Bonchev–Trinajstić information content (AvgIpc) is 3.20. The van der Waals surface area contributed by atoms with E-state index in [2.05, 4.69) is 20.4 Å². The Balaban J connectivity index is 2.12. The minimum atomic E-state index is -1.23. The molecule has 0 saturated carbocycles. The number of hydrogen-bond acceptors (Lipinski definition) is 6. The summed E-state index contributed by atoms with van der Waals surface area (Å²) in [7, 11) is 1.67. The third-order valence-electron chi connectivity index (χ3n) is 4.48. The van der Waals surface area contributed by atoms with Crippen LogP contribution in [0.25, 0.3) is 5.52 Å². The third kappa shape index (κ3) is 5.36. The van der Waals surface area contributed by atoms with Crippen LogP contribution < -0.4 is 11.1 Å². The number of nitrogens with two attached hydrogens (primary N) is 1. The van der Waals surface area contributed by atoms with Gasteiger partial charge >= 0.3 is 5.97 Å². The van der Waals surface area contributed by atoms with Crippen LogP contribution in [0.3, 0.4) is 0 Å². The molecule has 168 valence electrons. The van der Waals surface area contributed by atoms with Gasteiger partial charge < -0.3 is 15.8 Å². The second-order valence-corrected chi connectivity index (χ2v) is 8.17. The van der Waals surface area contributed by atoms with Gasteiger partial charge in [-0.25, -0.2) is 13.9 Å². The zero-order valence-electron chi connectivity index (χ0n) is 18.8. The van der Waals surface area contributed by atoms with E-state index in [4.69, 9.17) is 10.5 Å². The molecule has 3 aromatic rings. The first-order chi connectivity index (χ1) is 15.1. The lowest BCUT2D eigenvalue weighted by molar-refractivity contribution is -0.153. The number of halogens is 1. The fraction of sp³-hybridized carbons (Fsp3) is 0.304. The highest BCUT2D eigenvalue weighted by molar-refractivity contribution is 6.05. The van der Waals surface area contributed by atoms with Crippen molar-refractivity contribution >= 4 is 23.1 Å². The van der Waals surface area contributed by atoms with Crippen molar-refractivity contribution in [2.24, 2.45) is 10.7 Å². The van der Waals surface area contributed by atoms with E-state index in [1.165, 1.54) is 24.3 Å². The minimum absolute atomic E-state index is 0.202. The predicted molar refractivity (Wildman–Crippen MR) is 122 cm³/mol. The second kappa shape index (κ2) is 9.27. The summed E-state index contributed by atoms with van der Waals surface area (Å²) >= 11 is 0. The number of nitrogens with one attached hydrogen (secondary N) is 1. The van der Waals surface area contributed by atoms with Crippen LogP contribution in [0.2, 0.25) is 0 Å². The largest absolute Gasteiger partial charge is 0.448 e. The van der Waals surface area contributed by atoms with Gasteiger partial charge in [-0.1, -0.05) is 17.7 Å². The average molecular weight is 439 g/mol. The van der Waals surface area contributed by atoms with Gasteiger partial charge in [0.15, 0.2) is 17.7 Å². The van der Waals surface area contributed by atoms with Gasteiger partial charge in [-0.15, -0.1) is 5.10 Å². The molecular formula is C23H27FN6O2. The van der Waals surface area contributed by atoms with Gasteiger partial charge in [0.2, 0.25) is 0 Å². The van der Waals surface area contributed by atoms with Crippen LogP contribution in [0, 0.1) is 5.82 Å². The predicted octanol–water partition coefficient (Wildman–Crippen LogP) is 3.64. The highest BCUT2D eigenvalue weighted by Crippen LogP contribution is 2.27. The number of anilines is 1. The van der Waals surface area contributed by atoms with Crippen LogP contribution in [-0.2, 0) is 9.53 Å². The van der Waals surface area contributed by atoms with Crippen molar-refractivity contribution in [2.75, 3.05) is 12.4 Å². The van der Waals surface area contributed by atoms with Crippen molar-refractivity contribution in [3.63, 3.8) is 0 Å².